The van der Waals surface area contributed by atoms with Gasteiger partial charge in [0.25, 0.3) is 0 Å². The van der Waals surface area contributed by atoms with Gasteiger partial charge in [0.2, 0.25) is 5.91 Å². The monoisotopic (exact) mass is 611 g/mol. The van der Waals surface area contributed by atoms with E-state index < -0.39 is 30.5 Å². The molecule has 242 valence electrons. The van der Waals surface area contributed by atoms with Gasteiger partial charge in [-0.2, -0.15) is 5.06 Å². The molecule has 0 aromatic heterocycles. The molecular formula is C34H49N3O7. The summed E-state index contributed by atoms with van der Waals surface area (Å²) in [6.07, 6.45) is -1.15. The first-order chi connectivity index (χ1) is 20.8. The molecule has 4 fully saturated rings. The summed E-state index contributed by atoms with van der Waals surface area (Å²) < 4.78 is 5.92. The second-order valence-corrected chi connectivity index (χ2v) is 13.8. The molecule has 0 unspecified atom stereocenters. The number of hydrogen-bond donors (Lipinski definition) is 5. The number of hydrogen-bond acceptors (Lipinski definition) is 9. The van der Waals surface area contributed by atoms with Crippen LogP contribution in [0.25, 0.3) is 11.1 Å². The summed E-state index contributed by atoms with van der Waals surface area (Å²) in [6, 6.07) is 10.3. The van der Waals surface area contributed by atoms with Crippen molar-refractivity contribution in [1.29, 1.82) is 0 Å². The number of amides is 1. The van der Waals surface area contributed by atoms with Gasteiger partial charge in [0.15, 0.2) is 6.29 Å². The molecule has 1 heterocycles. The maximum absolute atomic E-state index is 14.1. The number of aliphatic hydroxyl groups excluding tert-OH is 3. The van der Waals surface area contributed by atoms with Crippen molar-refractivity contribution in [3.63, 3.8) is 0 Å². The number of carbonyl (C=O) groups is 1. The Balaban J connectivity index is 1.46. The Morgan fingerprint density at radius 3 is 2.48 bits per heavy atom. The quantitative estimate of drug-likeness (QED) is 0.257. The van der Waals surface area contributed by atoms with Crippen LogP contribution in [0.2, 0.25) is 0 Å². The Morgan fingerprint density at radius 2 is 1.91 bits per heavy atom. The largest absolute Gasteiger partial charge is 0.496 e. The highest BCUT2D eigenvalue weighted by molar-refractivity contribution is 5.83. The number of hydroxylamine groups is 2. The fraction of sp³-hybridized carbons (Fsp3) is 0.618. The number of benzene rings is 2. The smallest absolute Gasteiger partial charge is 0.240 e. The van der Waals surface area contributed by atoms with Crippen LogP contribution in [0.5, 0.6) is 5.75 Å². The van der Waals surface area contributed by atoms with Crippen molar-refractivity contribution in [2.45, 2.75) is 77.7 Å². The van der Waals surface area contributed by atoms with Crippen LogP contribution in [-0.4, -0.2) is 83.5 Å². The molecule has 1 saturated heterocycles. The van der Waals surface area contributed by atoms with Gasteiger partial charge in [-0.25, -0.2) is 0 Å². The number of para-hydroxylation sites is 1. The van der Waals surface area contributed by atoms with Crippen LogP contribution in [-0.2, 0) is 16.2 Å². The molecule has 10 nitrogen and oxygen atoms in total. The molecule has 4 aliphatic rings. The first-order valence-corrected chi connectivity index (χ1v) is 15.7. The molecule has 2 aromatic carbocycles. The van der Waals surface area contributed by atoms with Crippen LogP contribution in [0.3, 0.4) is 0 Å². The van der Waals surface area contributed by atoms with Gasteiger partial charge in [-0.1, -0.05) is 39.0 Å². The fourth-order valence-corrected chi connectivity index (χ4v) is 8.03. The molecule has 10 heteroatoms. The van der Waals surface area contributed by atoms with Crippen molar-refractivity contribution in [2.24, 2.45) is 29.1 Å². The van der Waals surface area contributed by atoms with E-state index in [1.165, 1.54) is 6.42 Å². The lowest BCUT2D eigenvalue weighted by Gasteiger charge is -2.62. The molecule has 0 spiro atoms. The highest BCUT2D eigenvalue weighted by atomic mass is 16.7. The fourth-order valence-electron chi connectivity index (χ4n) is 8.03. The number of ether oxygens (including phenoxy) is 1. The average molecular weight is 612 g/mol. The van der Waals surface area contributed by atoms with Crippen LogP contribution in [0, 0.1) is 29.1 Å². The highest BCUT2D eigenvalue weighted by Crippen LogP contribution is 2.61. The Kier molecular flexibility index (Phi) is 9.33. The molecule has 2 aromatic rings. The van der Waals surface area contributed by atoms with Crippen molar-refractivity contribution in [2.75, 3.05) is 32.7 Å². The van der Waals surface area contributed by atoms with E-state index in [1.807, 2.05) is 43.3 Å². The summed E-state index contributed by atoms with van der Waals surface area (Å²) in [4.78, 5) is 22.1. The van der Waals surface area contributed by atoms with Crippen molar-refractivity contribution < 1.29 is 34.8 Å². The lowest BCUT2D eigenvalue weighted by Crippen LogP contribution is -2.62. The van der Waals surface area contributed by atoms with Gasteiger partial charge in [-0.15, -0.1) is 0 Å². The summed E-state index contributed by atoms with van der Waals surface area (Å²) in [5.74, 6) is 1.18. The van der Waals surface area contributed by atoms with Gasteiger partial charge in [-0.3, -0.25) is 9.63 Å². The first-order valence-electron chi connectivity index (χ1n) is 15.7. The Labute approximate surface area is 260 Å². The number of carbonyl (C=O) groups excluding carboxylic acids is 1. The van der Waals surface area contributed by atoms with E-state index in [0.717, 1.165) is 28.8 Å². The third-order valence-electron chi connectivity index (χ3n) is 10.8. The van der Waals surface area contributed by atoms with E-state index >= 15 is 0 Å². The van der Waals surface area contributed by atoms with E-state index in [2.05, 4.69) is 26.1 Å². The molecule has 3 aliphatic carbocycles. The van der Waals surface area contributed by atoms with Crippen LogP contribution in [0.4, 0.5) is 5.69 Å². The normalized spacial score (nSPS) is 30.1. The van der Waals surface area contributed by atoms with Crippen molar-refractivity contribution in [1.82, 2.24) is 10.4 Å². The summed E-state index contributed by atoms with van der Waals surface area (Å²) in [7, 11) is 5.33. The summed E-state index contributed by atoms with van der Waals surface area (Å²) >= 11 is 0. The number of anilines is 1. The third kappa shape index (κ3) is 5.84. The number of fused-ring (bicyclic) bond motifs is 2. The van der Waals surface area contributed by atoms with Crippen LogP contribution < -0.4 is 15.0 Å². The summed E-state index contributed by atoms with van der Waals surface area (Å²) in [5.41, 5.74) is 3.64. The van der Waals surface area contributed by atoms with Gasteiger partial charge < -0.3 is 35.4 Å². The molecule has 5 N–H and O–H groups in total. The molecular weight excluding hydrogens is 562 g/mol. The molecule has 1 aliphatic heterocycles. The lowest BCUT2D eigenvalue weighted by molar-refractivity contribution is -0.183. The van der Waals surface area contributed by atoms with Gasteiger partial charge in [-0.05, 0) is 66.7 Å². The van der Waals surface area contributed by atoms with Crippen molar-refractivity contribution >= 4 is 11.6 Å². The molecule has 8 atom stereocenters. The number of rotatable bonds is 10. The topological polar surface area (TPSA) is 135 Å². The van der Waals surface area contributed by atoms with Crippen LogP contribution in [0.15, 0.2) is 36.4 Å². The van der Waals surface area contributed by atoms with Gasteiger partial charge in [0.1, 0.15) is 17.9 Å². The minimum absolute atomic E-state index is 0.0434. The zero-order chi connectivity index (χ0) is 32.1. The minimum Gasteiger partial charge on any atom is -0.496 e. The highest BCUT2D eigenvalue weighted by Gasteiger charge is 2.57. The van der Waals surface area contributed by atoms with Crippen LogP contribution in [0.1, 0.15) is 58.0 Å². The number of methoxy groups -OCH3 is 1. The summed E-state index contributed by atoms with van der Waals surface area (Å²) in [5, 5.41) is 45.8. The lowest BCUT2D eigenvalue weighted by atomic mass is 9.45. The van der Waals surface area contributed by atoms with Gasteiger partial charge in [0.05, 0.1) is 26.4 Å². The molecule has 6 rings (SSSR count). The molecule has 2 bridgehead atoms. The van der Waals surface area contributed by atoms with Crippen LogP contribution >= 0.6 is 0 Å². The molecule has 1 amide bonds. The number of nitrogens with one attached hydrogen (secondary N) is 1. The number of nitrogens with zero attached hydrogens (tertiary/aromatic N) is 2. The standard InChI is InChI=1S/C34H49N3O7/c1-18-26-14-23(34(26,3)4)15-27(18)35-32(40)30-29(19(2)39)28(17-38)44-37(30)16-20-9-8-10-25(31(20)43-7)21-11-22(33(41)42)13-24(12-21)36(5)6/h8-13,18-19,23,26-30,33,38-39,41-42H,14-17H2,1-7H3,(H,35,40)/t18-,19-,23+,26-,27-,28-,29+,30-/m0/s1. The average Bonchev–Trinajstić information content (AvgIpc) is 3.36. The predicted octanol–water partition coefficient (Wildman–Crippen LogP) is 3.07. The van der Waals surface area contributed by atoms with Gasteiger partial charge in [0, 0.05) is 48.4 Å². The Bertz CT molecular complexity index is 1320. The van der Waals surface area contributed by atoms with E-state index in [9.17, 15) is 25.2 Å². The SMILES string of the molecule is COc1c(CN2O[C@@H](CO)[C@@H]([C@H](C)O)[C@H]2C(=O)N[C@H]2C[C@H]3C[C@@H]([C@@H]2C)C3(C)C)cccc1-c1cc(C(O)O)cc(N(C)C)c1. The van der Waals surface area contributed by atoms with E-state index in [0.29, 0.717) is 29.1 Å². The van der Waals surface area contributed by atoms with Crippen molar-refractivity contribution in [3.05, 3.63) is 47.5 Å². The maximum Gasteiger partial charge on any atom is 0.240 e. The van der Waals surface area contributed by atoms with E-state index in [-0.39, 0.29) is 30.5 Å². The van der Waals surface area contributed by atoms with E-state index in [4.69, 9.17) is 9.57 Å². The Morgan fingerprint density at radius 1 is 1.18 bits per heavy atom. The first kappa shape index (κ1) is 32.7. The predicted molar refractivity (Wildman–Crippen MR) is 167 cm³/mol. The Hall–Kier alpha value is -2.73. The maximum atomic E-state index is 14.1. The second kappa shape index (κ2) is 12.6. The molecule has 44 heavy (non-hydrogen) atoms. The molecule has 0 radical (unpaired) electrons. The third-order valence-corrected chi connectivity index (χ3v) is 10.8. The van der Waals surface area contributed by atoms with Crippen molar-refractivity contribution in [3.8, 4) is 16.9 Å². The minimum atomic E-state index is -1.64. The number of aliphatic hydroxyl groups is 4. The zero-order valence-electron chi connectivity index (χ0n) is 26.9. The zero-order valence-corrected chi connectivity index (χ0v) is 26.9. The second-order valence-electron chi connectivity index (χ2n) is 13.8. The summed E-state index contributed by atoms with van der Waals surface area (Å²) in [6.45, 7) is 8.33. The van der Waals surface area contributed by atoms with E-state index in [1.54, 1.807) is 31.2 Å². The van der Waals surface area contributed by atoms with Gasteiger partial charge >= 0.3 is 0 Å². The molecule has 3 saturated carbocycles.